The molecule has 4 fully saturated rings. The molecule has 0 aromatic heterocycles. The van der Waals surface area contributed by atoms with E-state index in [2.05, 4.69) is 20.8 Å². The number of hydrogen-bond acceptors (Lipinski definition) is 3. The summed E-state index contributed by atoms with van der Waals surface area (Å²) in [7, 11) is 0. The van der Waals surface area contributed by atoms with E-state index in [0.29, 0.717) is 23.7 Å². The first-order valence-corrected chi connectivity index (χ1v) is 12.9. The van der Waals surface area contributed by atoms with Gasteiger partial charge in [0.1, 0.15) is 0 Å². The molecule has 4 aliphatic rings. The van der Waals surface area contributed by atoms with Gasteiger partial charge in [-0.3, -0.25) is 0 Å². The van der Waals surface area contributed by atoms with Crippen molar-refractivity contribution in [1.29, 1.82) is 0 Å². The zero-order valence-corrected chi connectivity index (χ0v) is 19.2. The first kappa shape index (κ1) is 22.1. The van der Waals surface area contributed by atoms with E-state index in [9.17, 15) is 15.3 Å². The van der Waals surface area contributed by atoms with Crippen molar-refractivity contribution in [2.75, 3.05) is 0 Å². The number of rotatable bonds is 6. The largest absolute Gasteiger partial charge is 0.393 e. The summed E-state index contributed by atoms with van der Waals surface area (Å²) in [5.41, 5.74) is 0.447. The number of unbranched alkanes of at least 4 members (excludes halogenated alkanes) is 3. The van der Waals surface area contributed by atoms with Crippen LogP contribution in [0.5, 0.6) is 0 Å². The molecule has 0 radical (unpaired) electrons. The minimum Gasteiger partial charge on any atom is -0.393 e. The van der Waals surface area contributed by atoms with Crippen LogP contribution in [0.4, 0.5) is 0 Å². The molecule has 0 aromatic carbocycles. The van der Waals surface area contributed by atoms with Gasteiger partial charge in [-0.15, -0.1) is 0 Å². The Kier molecular flexibility index (Phi) is 6.42. The van der Waals surface area contributed by atoms with Crippen molar-refractivity contribution in [2.24, 2.45) is 40.4 Å². The zero-order valence-electron chi connectivity index (χ0n) is 19.2. The van der Waals surface area contributed by atoms with E-state index in [1.54, 1.807) is 0 Å². The summed E-state index contributed by atoms with van der Waals surface area (Å²) in [6, 6.07) is 0. The lowest BCUT2D eigenvalue weighted by molar-refractivity contribution is -0.174. The molecule has 0 saturated heterocycles. The molecule has 10 atom stereocenters. The predicted octanol–water partition coefficient (Wildman–Crippen LogP) is 5.31. The van der Waals surface area contributed by atoms with E-state index < -0.39 is 0 Å². The molecule has 0 bridgehead atoms. The minimum absolute atomic E-state index is 0.139. The van der Waals surface area contributed by atoms with Crippen LogP contribution in [0.25, 0.3) is 0 Å². The van der Waals surface area contributed by atoms with Gasteiger partial charge >= 0.3 is 0 Å². The highest BCUT2D eigenvalue weighted by Gasteiger charge is 2.62. The quantitative estimate of drug-likeness (QED) is 0.524. The van der Waals surface area contributed by atoms with Crippen LogP contribution in [0.1, 0.15) is 104 Å². The molecule has 0 aliphatic heterocycles. The maximum absolute atomic E-state index is 11.1. The molecule has 29 heavy (non-hydrogen) atoms. The van der Waals surface area contributed by atoms with Gasteiger partial charge in [0.05, 0.1) is 18.3 Å². The van der Waals surface area contributed by atoms with Crippen LogP contribution in [0.15, 0.2) is 0 Å². The summed E-state index contributed by atoms with van der Waals surface area (Å²) in [6.07, 6.45) is 13.9. The molecule has 4 rings (SSSR count). The third-order valence-electron chi connectivity index (χ3n) is 10.5. The summed E-state index contributed by atoms with van der Waals surface area (Å²) in [5.74, 6) is 2.69. The standard InChI is InChI=1S/C26H46O3/c1-4-5-6-7-8-23(28)21-10-9-19-18-16-24(29)22-15-17(27)11-13-26(22,3)20(18)12-14-25(19,21)2/h17-24,27-29H,4-16H2,1-3H3/t17?,18?,19?,20-,21?,22?,23?,24-,25?,26?/m0/s1. The molecule has 3 heteroatoms. The molecule has 0 spiro atoms. The Labute approximate surface area is 178 Å². The van der Waals surface area contributed by atoms with E-state index in [1.807, 2.05) is 0 Å². The van der Waals surface area contributed by atoms with Gasteiger partial charge in [0.15, 0.2) is 0 Å². The van der Waals surface area contributed by atoms with Crippen LogP contribution >= 0.6 is 0 Å². The highest BCUT2D eigenvalue weighted by Crippen LogP contribution is 2.67. The van der Waals surface area contributed by atoms with Crippen molar-refractivity contribution in [1.82, 2.24) is 0 Å². The molecule has 0 amide bonds. The van der Waals surface area contributed by atoms with Gasteiger partial charge < -0.3 is 15.3 Å². The molecule has 3 N–H and O–H groups in total. The van der Waals surface area contributed by atoms with Crippen molar-refractivity contribution in [3.63, 3.8) is 0 Å². The van der Waals surface area contributed by atoms with Crippen LogP contribution < -0.4 is 0 Å². The molecule has 4 aliphatic carbocycles. The highest BCUT2D eigenvalue weighted by molar-refractivity contribution is 5.11. The van der Waals surface area contributed by atoms with Gasteiger partial charge in [-0.25, -0.2) is 0 Å². The van der Waals surface area contributed by atoms with Crippen molar-refractivity contribution >= 4 is 0 Å². The van der Waals surface area contributed by atoms with Crippen molar-refractivity contribution in [3.8, 4) is 0 Å². The normalized spacial score (nSPS) is 50.5. The highest BCUT2D eigenvalue weighted by atomic mass is 16.3. The Bertz CT molecular complexity index is 564. The van der Waals surface area contributed by atoms with E-state index in [1.165, 1.54) is 51.4 Å². The molecule has 168 valence electrons. The second-order valence-electron chi connectivity index (χ2n) is 11.9. The Hall–Kier alpha value is -0.120. The Morgan fingerprint density at radius 3 is 2.31 bits per heavy atom. The second kappa shape index (κ2) is 8.43. The van der Waals surface area contributed by atoms with Gasteiger partial charge in [-0.05, 0) is 98.2 Å². The lowest BCUT2D eigenvalue weighted by Crippen LogP contribution is -2.58. The summed E-state index contributed by atoms with van der Waals surface area (Å²) >= 11 is 0. The molecular weight excluding hydrogens is 360 g/mol. The lowest BCUT2D eigenvalue weighted by Gasteiger charge is -2.62. The summed E-state index contributed by atoms with van der Waals surface area (Å²) in [5, 5.41) is 32.4. The SMILES string of the molecule is CCCCCCC(O)C1CCC2C3C[C@H](O)C4CC(O)CCC4(C)[C@H]3CCC12C. The Morgan fingerprint density at radius 1 is 0.828 bits per heavy atom. The zero-order chi connectivity index (χ0) is 20.8. The fraction of sp³-hybridized carbons (Fsp3) is 1.00. The van der Waals surface area contributed by atoms with Crippen molar-refractivity contribution < 1.29 is 15.3 Å². The Balaban J connectivity index is 1.48. The maximum atomic E-state index is 11.1. The van der Waals surface area contributed by atoms with Crippen molar-refractivity contribution in [2.45, 2.75) is 123 Å². The van der Waals surface area contributed by atoms with Crippen LogP contribution in [-0.2, 0) is 0 Å². The van der Waals surface area contributed by atoms with Crippen molar-refractivity contribution in [3.05, 3.63) is 0 Å². The van der Waals surface area contributed by atoms with Gasteiger partial charge in [0.25, 0.3) is 0 Å². The monoisotopic (exact) mass is 406 g/mol. The van der Waals surface area contributed by atoms with Crippen LogP contribution in [0, 0.1) is 40.4 Å². The summed E-state index contributed by atoms with van der Waals surface area (Å²) < 4.78 is 0. The van der Waals surface area contributed by atoms with Crippen LogP contribution in [0.3, 0.4) is 0 Å². The summed E-state index contributed by atoms with van der Waals surface area (Å²) in [4.78, 5) is 0. The first-order valence-electron chi connectivity index (χ1n) is 12.9. The van der Waals surface area contributed by atoms with Crippen LogP contribution in [-0.4, -0.2) is 33.6 Å². The summed E-state index contributed by atoms with van der Waals surface area (Å²) in [6.45, 7) is 7.15. The predicted molar refractivity (Wildman–Crippen MR) is 117 cm³/mol. The Morgan fingerprint density at radius 2 is 1.55 bits per heavy atom. The average molecular weight is 407 g/mol. The second-order valence-corrected chi connectivity index (χ2v) is 11.9. The van der Waals surface area contributed by atoms with E-state index in [0.717, 1.165) is 32.1 Å². The molecule has 4 saturated carbocycles. The molecular formula is C26H46O3. The van der Waals surface area contributed by atoms with Crippen LogP contribution in [0.2, 0.25) is 0 Å². The minimum atomic E-state index is -0.253. The van der Waals surface area contributed by atoms with Gasteiger partial charge in [0.2, 0.25) is 0 Å². The fourth-order valence-electron chi connectivity index (χ4n) is 8.93. The van der Waals surface area contributed by atoms with Gasteiger partial charge in [-0.2, -0.15) is 0 Å². The van der Waals surface area contributed by atoms with E-state index in [-0.39, 0.29) is 35.1 Å². The number of fused-ring (bicyclic) bond motifs is 5. The van der Waals surface area contributed by atoms with Gasteiger partial charge in [-0.1, -0.05) is 46.5 Å². The number of hydrogen-bond donors (Lipinski definition) is 3. The van der Waals surface area contributed by atoms with Gasteiger partial charge in [0, 0.05) is 0 Å². The lowest BCUT2D eigenvalue weighted by atomic mass is 9.44. The third kappa shape index (κ3) is 3.72. The molecule has 3 nitrogen and oxygen atoms in total. The average Bonchev–Trinajstić information content (AvgIpc) is 3.04. The molecule has 0 aromatic rings. The third-order valence-corrected chi connectivity index (χ3v) is 10.5. The maximum Gasteiger partial charge on any atom is 0.0577 e. The number of aliphatic hydroxyl groups is 3. The number of aliphatic hydroxyl groups excluding tert-OH is 3. The molecule has 0 heterocycles. The molecule has 8 unspecified atom stereocenters. The first-order chi connectivity index (χ1) is 13.8. The smallest absolute Gasteiger partial charge is 0.0577 e. The topological polar surface area (TPSA) is 60.7 Å². The van der Waals surface area contributed by atoms with E-state index in [4.69, 9.17) is 0 Å². The van der Waals surface area contributed by atoms with E-state index >= 15 is 0 Å². The fourth-order valence-corrected chi connectivity index (χ4v) is 8.93.